The highest BCUT2D eigenvalue weighted by Gasteiger charge is 2.39. The lowest BCUT2D eigenvalue weighted by molar-refractivity contribution is 0.0973. The van der Waals surface area contributed by atoms with Gasteiger partial charge in [-0.3, -0.25) is 9.59 Å². The molecule has 0 radical (unpaired) electrons. The number of carbonyl (C=O) groups is 2. The minimum Gasteiger partial charge on any atom is -0.508 e. The third kappa shape index (κ3) is 2.02. The van der Waals surface area contributed by atoms with Gasteiger partial charge in [-0.15, -0.1) is 0 Å². The van der Waals surface area contributed by atoms with Gasteiger partial charge in [0.1, 0.15) is 23.0 Å². The number of hydrogen-bond acceptors (Lipinski definition) is 7. The van der Waals surface area contributed by atoms with Crippen molar-refractivity contribution < 1.29 is 34.8 Å². The molecule has 0 spiro atoms. The summed E-state index contributed by atoms with van der Waals surface area (Å²) in [4.78, 5) is 25.6. The predicted molar refractivity (Wildman–Crippen MR) is 84.7 cm³/mol. The highest BCUT2D eigenvalue weighted by molar-refractivity contribution is 6.30. The molecule has 0 bridgehead atoms. The molecule has 2 aromatic carbocycles. The third-order valence-electron chi connectivity index (χ3n) is 4.67. The molecule has 4 N–H and O–H groups in total. The van der Waals surface area contributed by atoms with Gasteiger partial charge in [0.05, 0.1) is 17.7 Å². The van der Waals surface area contributed by atoms with Gasteiger partial charge in [0.15, 0.2) is 5.78 Å². The van der Waals surface area contributed by atoms with Crippen LogP contribution in [0.25, 0.3) is 0 Å². The SMILES string of the molecule is O=C1c2cc(O)cc(O)c2C(=O)c2c1cc1c(c2O)C(CCO)CO1. The lowest BCUT2D eigenvalue weighted by Gasteiger charge is -2.21. The zero-order valence-corrected chi connectivity index (χ0v) is 12.9. The molecule has 25 heavy (non-hydrogen) atoms. The summed E-state index contributed by atoms with van der Waals surface area (Å²) in [6.45, 7) is 0.119. The van der Waals surface area contributed by atoms with Crippen molar-refractivity contribution in [2.45, 2.75) is 12.3 Å². The average Bonchev–Trinajstić information content (AvgIpc) is 2.95. The van der Waals surface area contributed by atoms with E-state index in [4.69, 9.17) is 9.84 Å². The minimum absolute atomic E-state index is 0.0385. The molecule has 2 aromatic rings. The van der Waals surface area contributed by atoms with E-state index in [1.165, 1.54) is 6.07 Å². The van der Waals surface area contributed by atoms with Crippen LogP contribution >= 0.6 is 0 Å². The van der Waals surface area contributed by atoms with Gasteiger partial charge in [0.2, 0.25) is 5.78 Å². The molecule has 1 atom stereocenters. The van der Waals surface area contributed by atoms with Crippen LogP contribution in [0.4, 0.5) is 0 Å². The molecule has 0 amide bonds. The third-order valence-corrected chi connectivity index (χ3v) is 4.67. The molecule has 128 valence electrons. The highest BCUT2D eigenvalue weighted by atomic mass is 16.5. The molecule has 0 aromatic heterocycles. The lowest BCUT2D eigenvalue weighted by Crippen LogP contribution is -2.21. The Bertz CT molecular complexity index is 945. The molecule has 0 saturated carbocycles. The van der Waals surface area contributed by atoms with Gasteiger partial charge in [-0.2, -0.15) is 0 Å². The summed E-state index contributed by atoms with van der Waals surface area (Å²) in [5.74, 6) is -2.51. The smallest absolute Gasteiger partial charge is 0.201 e. The van der Waals surface area contributed by atoms with E-state index < -0.39 is 17.3 Å². The molecule has 1 unspecified atom stereocenters. The van der Waals surface area contributed by atoms with Crippen LogP contribution in [0.1, 0.15) is 49.7 Å². The van der Waals surface area contributed by atoms with Gasteiger partial charge in [-0.25, -0.2) is 0 Å². The number of rotatable bonds is 2. The van der Waals surface area contributed by atoms with Gasteiger partial charge in [-0.1, -0.05) is 0 Å². The second kappa shape index (κ2) is 5.22. The summed E-state index contributed by atoms with van der Waals surface area (Å²) in [7, 11) is 0. The van der Waals surface area contributed by atoms with E-state index in [2.05, 4.69) is 0 Å². The predicted octanol–water partition coefficient (Wildman–Crippen LogP) is 1.44. The molecule has 0 fully saturated rings. The number of aromatic hydroxyl groups is 3. The van der Waals surface area contributed by atoms with Crippen LogP contribution in [-0.2, 0) is 0 Å². The molecular weight excluding hydrogens is 328 g/mol. The Morgan fingerprint density at radius 3 is 2.44 bits per heavy atom. The Morgan fingerprint density at radius 2 is 1.72 bits per heavy atom. The summed E-state index contributed by atoms with van der Waals surface area (Å²) in [6, 6.07) is 3.47. The maximum atomic E-state index is 12.8. The number of ketones is 2. The van der Waals surface area contributed by atoms with Gasteiger partial charge in [0.25, 0.3) is 0 Å². The molecule has 1 aliphatic carbocycles. The monoisotopic (exact) mass is 342 g/mol. The Labute approximate surface area is 141 Å². The zero-order valence-electron chi connectivity index (χ0n) is 12.9. The van der Waals surface area contributed by atoms with Crippen LogP contribution in [0.2, 0.25) is 0 Å². The molecule has 1 heterocycles. The molecule has 2 aliphatic rings. The average molecular weight is 342 g/mol. The van der Waals surface area contributed by atoms with E-state index in [1.54, 1.807) is 0 Å². The minimum atomic E-state index is -0.697. The Hall–Kier alpha value is -3.06. The first-order valence-electron chi connectivity index (χ1n) is 7.73. The maximum Gasteiger partial charge on any atom is 0.201 e. The second-order valence-electron chi connectivity index (χ2n) is 6.13. The summed E-state index contributed by atoms with van der Waals surface area (Å²) < 4.78 is 5.50. The van der Waals surface area contributed by atoms with Crippen molar-refractivity contribution in [2.75, 3.05) is 13.2 Å². The number of aliphatic hydroxyl groups is 1. The molecule has 4 rings (SSSR count). The Kier molecular flexibility index (Phi) is 3.23. The fourth-order valence-corrected chi connectivity index (χ4v) is 3.54. The fourth-order valence-electron chi connectivity index (χ4n) is 3.54. The zero-order chi connectivity index (χ0) is 17.9. The first kappa shape index (κ1) is 15.5. The second-order valence-corrected chi connectivity index (χ2v) is 6.13. The molecule has 1 aliphatic heterocycles. The molecule has 7 nitrogen and oxygen atoms in total. The van der Waals surface area contributed by atoms with Crippen LogP contribution in [0.5, 0.6) is 23.0 Å². The van der Waals surface area contributed by atoms with Crippen molar-refractivity contribution in [3.05, 3.63) is 46.0 Å². The van der Waals surface area contributed by atoms with Crippen LogP contribution in [0.3, 0.4) is 0 Å². The molecule has 0 saturated heterocycles. The summed E-state index contributed by atoms with van der Waals surface area (Å²) in [5.41, 5.74) is -0.216. The Morgan fingerprint density at radius 1 is 1.00 bits per heavy atom. The van der Waals surface area contributed by atoms with E-state index in [0.29, 0.717) is 17.7 Å². The van der Waals surface area contributed by atoms with Crippen LogP contribution in [0, 0.1) is 0 Å². The standard InChI is InChI=1S/C18H14O7/c19-2-1-7-6-25-12-5-10-15(17(23)13(7)12)18(24)14-9(16(10)22)3-8(20)4-11(14)21/h3-5,7,19-21,23H,1-2,6H2. The number of phenols is 3. The van der Waals surface area contributed by atoms with Crippen molar-refractivity contribution in [1.82, 2.24) is 0 Å². The van der Waals surface area contributed by atoms with E-state index in [1.807, 2.05) is 0 Å². The van der Waals surface area contributed by atoms with Gasteiger partial charge in [-0.05, 0) is 18.6 Å². The van der Waals surface area contributed by atoms with Gasteiger partial charge >= 0.3 is 0 Å². The van der Waals surface area contributed by atoms with Gasteiger partial charge in [0, 0.05) is 35.3 Å². The van der Waals surface area contributed by atoms with Crippen molar-refractivity contribution in [3.8, 4) is 23.0 Å². The number of carbonyl (C=O) groups excluding carboxylic acids is 2. The highest BCUT2D eigenvalue weighted by Crippen LogP contribution is 2.48. The quantitative estimate of drug-likeness (QED) is 0.555. The van der Waals surface area contributed by atoms with Gasteiger partial charge < -0.3 is 25.2 Å². The summed E-state index contributed by atoms with van der Waals surface area (Å²) in [6.07, 6.45) is 0.344. The lowest BCUT2D eigenvalue weighted by atomic mass is 9.80. The number of fused-ring (bicyclic) bond motifs is 3. The maximum absolute atomic E-state index is 12.8. The van der Waals surface area contributed by atoms with Crippen molar-refractivity contribution >= 4 is 11.6 Å². The van der Waals surface area contributed by atoms with E-state index >= 15 is 0 Å². The number of aliphatic hydroxyl groups excluding tert-OH is 1. The topological polar surface area (TPSA) is 124 Å². The fraction of sp³-hybridized carbons (Fsp3) is 0.222. The number of phenolic OH excluding ortho intramolecular Hbond substituents is 3. The van der Waals surface area contributed by atoms with Crippen molar-refractivity contribution in [3.63, 3.8) is 0 Å². The molecular formula is C18H14O7. The van der Waals surface area contributed by atoms with Crippen LogP contribution < -0.4 is 4.74 Å². The number of hydrogen-bond donors (Lipinski definition) is 4. The number of benzene rings is 2. The first-order chi connectivity index (χ1) is 11.9. The first-order valence-corrected chi connectivity index (χ1v) is 7.73. The largest absolute Gasteiger partial charge is 0.508 e. The van der Waals surface area contributed by atoms with Crippen LogP contribution in [0.15, 0.2) is 18.2 Å². The van der Waals surface area contributed by atoms with Crippen molar-refractivity contribution in [2.24, 2.45) is 0 Å². The normalized spacial score (nSPS) is 17.7. The van der Waals surface area contributed by atoms with E-state index in [9.17, 15) is 24.9 Å². The van der Waals surface area contributed by atoms with Crippen LogP contribution in [-0.4, -0.2) is 45.2 Å². The number of ether oxygens (including phenoxy) is 1. The van der Waals surface area contributed by atoms with E-state index in [0.717, 1.165) is 12.1 Å². The summed E-state index contributed by atoms with van der Waals surface area (Å²) >= 11 is 0. The molecule has 7 heteroatoms. The van der Waals surface area contributed by atoms with Crippen molar-refractivity contribution in [1.29, 1.82) is 0 Å². The van der Waals surface area contributed by atoms with E-state index in [-0.39, 0.29) is 52.9 Å². The Balaban J connectivity index is 1.97. The summed E-state index contributed by atoms with van der Waals surface area (Å²) in [5, 5.41) is 39.4.